The fraction of sp³-hybridized carbons (Fsp3) is 0.160. The summed E-state index contributed by atoms with van der Waals surface area (Å²) < 4.78 is 11.1. The summed E-state index contributed by atoms with van der Waals surface area (Å²) in [6, 6.07) is 25.3. The number of aromatic nitrogens is 2. The molecule has 1 aromatic heterocycles. The highest BCUT2D eigenvalue weighted by atomic mass is 35.5. The maximum absolute atomic E-state index is 12.4. The Labute approximate surface area is 201 Å². The van der Waals surface area contributed by atoms with Crippen LogP contribution in [0.5, 0.6) is 5.75 Å². The summed E-state index contributed by atoms with van der Waals surface area (Å²) in [5, 5.41) is 11.9. The summed E-state index contributed by atoms with van der Waals surface area (Å²) in [6.07, 6.45) is 0. The fourth-order valence-electron chi connectivity index (χ4n) is 3.12. The molecule has 3 aromatic carbocycles. The summed E-state index contributed by atoms with van der Waals surface area (Å²) in [5.74, 6) is 1.04. The van der Waals surface area contributed by atoms with Crippen LogP contribution in [0.4, 0.5) is 0 Å². The molecule has 0 aliphatic rings. The summed E-state index contributed by atoms with van der Waals surface area (Å²) >= 11 is 7.04. The van der Waals surface area contributed by atoms with Crippen molar-refractivity contribution in [3.8, 4) is 16.9 Å². The third-order valence-corrected chi connectivity index (χ3v) is 5.92. The molecule has 1 amide bonds. The van der Waals surface area contributed by atoms with Gasteiger partial charge in [-0.1, -0.05) is 78.0 Å². The van der Waals surface area contributed by atoms with E-state index in [1.165, 1.54) is 11.8 Å². The van der Waals surface area contributed by atoms with Gasteiger partial charge in [-0.05, 0) is 47.9 Å². The molecule has 1 atom stereocenters. The highest BCUT2D eigenvalue weighted by Gasteiger charge is 2.13. The second-order valence-electron chi connectivity index (χ2n) is 7.27. The van der Waals surface area contributed by atoms with E-state index in [4.69, 9.17) is 20.8 Å². The zero-order chi connectivity index (χ0) is 23.0. The Bertz CT molecular complexity index is 1180. The molecule has 0 bridgehead atoms. The zero-order valence-corrected chi connectivity index (χ0v) is 19.5. The number of nitrogens with zero attached hydrogens (tertiary/aromatic N) is 2. The Morgan fingerprint density at radius 3 is 2.42 bits per heavy atom. The van der Waals surface area contributed by atoms with Crippen LogP contribution in [0.2, 0.25) is 5.02 Å². The van der Waals surface area contributed by atoms with Crippen molar-refractivity contribution in [3.05, 3.63) is 95.3 Å². The van der Waals surface area contributed by atoms with E-state index in [0.29, 0.717) is 21.9 Å². The lowest BCUT2D eigenvalue weighted by Gasteiger charge is -2.14. The standard InChI is InChI=1S/C25H22ClN3O3S/c1-17(18-7-9-20(10-8-18)19-5-3-2-4-6-19)27-23(30)16-33-25-29-28-24(32-25)15-31-22-13-11-21(26)12-14-22/h2-14,17H,15-16H2,1H3,(H,27,30)/t17-/m0/s1. The first-order valence-electron chi connectivity index (χ1n) is 10.3. The van der Waals surface area contributed by atoms with Crippen molar-refractivity contribution in [3.63, 3.8) is 0 Å². The monoisotopic (exact) mass is 479 g/mol. The molecular weight excluding hydrogens is 458 g/mol. The number of halogens is 1. The number of carbonyl (C=O) groups excluding carboxylic acids is 1. The highest BCUT2D eigenvalue weighted by Crippen LogP contribution is 2.23. The van der Waals surface area contributed by atoms with Crippen molar-refractivity contribution >= 4 is 29.3 Å². The zero-order valence-electron chi connectivity index (χ0n) is 17.9. The second-order valence-corrected chi connectivity index (χ2v) is 8.63. The van der Waals surface area contributed by atoms with Gasteiger partial charge in [0.25, 0.3) is 11.1 Å². The van der Waals surface area contributed by atoms with Gasteiger partial charge in [-0.15, -0.1) is 10.2 Å². The molecule has 0 radical (unpaired) electrons. The van der Waals surface area contributed by atoms with Crippen LogP contribution in [0, 0.1) is 0 Å². The maximum atomic E-state index is 12.4. The van der Waals surface area contributed by atoms with E-state index >= 15 is 0 Å². The van der Waals surface area contributed by atoms with Crippen LogP contribution in [0.3, 0.4) is 0 Å². The van der Waals surface area contributed by atoms with E-state index in [0.717, 1.165) is 16.7 Å². The summed E-state index contributed by atoms with van der Waals surface area (Å²) in [7, 11) is 0. The molecule has 1 N–H and O–H groups in total. The Balaban J connectivity index is 1.23. The molecule has 1 heterocycles. The largest absolute Gasteiger partial charge is 0.484 e. The Morgan fingerprint density at radius 2 is 1.70 bits per heavy atom. The van der Waals surface area contributed by atoms with E-state index in [-0.39, 0.29) is 24.3 Å². The van der Waals surface area contributed by atoms with Gasteiger partial charge in [0, 0.05) is 5.02 Å². The van der Waals surface area contributed by atoms with Crippen LogP contribution < -0.4 is 10.1 Å². The molecule has 4 rings (SSSR count). The van der Waals surface area contributed by atoms with Gasteiger partial charge in [0.15, 0.2) is 6.61 Å². The molecule has 4 aromatic rings. The quantitative estimate of drug-likeness (QED) is 0.299. The number of amides is 1. The van der Waals surface area contributed by atoms with E-state index < -0.39 is 0 Å². The van der Waals surface area contributed by atoms with Gasteiger partial charge >= 0.3 is 0 Å². The molecule has 33 heavy (non-hydrogen) atoms. The number of ether oxygens (including phenoxy) is 1. The summed E-state index contributed by atoms with van der Waals surface area (Å²) in [6.45, 7) is 2.09. The first kappa shape index (κ1) is 22.9. The first-order chi connectivity index (χ1) is 16.1. The van der Waals surface area contributed by atoms with Crippen LogP contribution in [0.1, 0.15) is 24.4 Å². The van der Waals surface area contributed by atoms with Gasteiger partial charge in [-0.2, -0.15) is 0 Å². The molecule has 0 saturated heterocycles. The lowest BCUT2D eigenvalue weighted by Crippen LogP contribution is -2.28. The van der Waals surface area contributed by atoms with Crippen LogP contribution in [0.25, 0.3) is 11.1 Å². The van der Waals surface area contributed by atoms with Crippen LogP contribution in [-0.2, 0) is 11.4 Å². The smallest absolute Gasteiger partial charge is 0.277 e. The van der Waals surface area contributed by atoms with Gasteiger partial charge in [0.05, 0.1) is 11.8 Å². The molecule has 0 aliphatic heterocycles. The molecule has 168 valence electrons. The topological polar surface area (TPSA) is 77.2 Å². The first-order valence-corrected chi connectivity index (χ1v) is 11.7. The fourth-order valence-corrected chi connectivity index (χ4v) is 3.84. The van der Waals surface area contributed by atoms with Gasteiger partial charge in [-0.25, -0.2) is 0 Å². The summed E-state index contributed by atoms with van der Waals surface area (Å²) in [4.78, 5) is 12.4. The van der Waals surface area contributed by atoms with Crippen molar-refractivity contribution in [2.75, 3.05) is 5.75 Å². The van der Waals surface area contributed by atoms with E-state index in [9.17, 15) is 4.79 Å². The van der Waals surface area contributed by atoms with Crippen LogP contribution in [-0.4, -0.2) is 21.9 Å². The SMILES string of the molecule is C[C@H](NC(=O)CSc1nnc(COc2ccc(Cl)cc2)o1)c1ccc(-c2ccccc2)cc1. The number of carbonyl (C=O) groups is 1. The van der Waals surface area contributed by atoms with Gasteiger partial charge in [0.1, 0.15) is 5.75 Å². The molecule has 6 nitrogen and oxygen atoms in total. The van der Waals surface area contributed by atoms with Gasteiger partial charge in [0.2, 0.25) is 5.91 Å². The molecule has 0 spiro atoms. The Morgan fingerprint density at radius 1 is 1.00 bits per heavy atom. The number of nitrogens with one attached hydrogen (secondary N) is 1. The molecule has 0 fully saturated rings. The average molecular weight is 480 g/mol. The number of thioether (sulfide) groups is 1. The highest BCUT2D eigenvalue weighted by molar-refractivity contribution is 7.99. The molecule has 0 aliphatic carbocycles. The summed E-state index contributed by atoms with van der Waals surface area (Å²) in [5.41, 5.74) is 3.34. The Hall–Kier alpha value is -3.29. The van der Waals surface area contributed by atoms with Crippen LogP contribution in [0.15, 0.2) is 88.5 Å². The van der Waals surface area contributed by atoms with E-state index in [2.05, 4.69) is 39.8 Å². The molecular formula is C25H22ClN3O3S. The minimum atomic E-state index is -0.117. The predicted octanol–water partition coefficient (Wildman–Crippen LogP) is 5.94. The molecule has 8 heteroatoms. The molecule has 0 saturated carbocycles. The van der Waals surface area contributed by atoms with Crippen molar-refractivity contribution in [1.82, 2.24) is 15.5 Å². The van der Waals surface area contributed by atoms with Crippen molar-refractivity contribution in [1.29, 1.82) is 0 Å². The average Bonchev–Trinajstić information content (AvgIpc) is 3.31. The molecule has 0 unspecified atom stereocenters. The predicted molar refractivity (Wildman–Crippen MR) is 129 cm³/mol. The minimum absolute atomic E-state index is 0.114. The van der Waals surface area contributed by atoms with Crippen molar-refractivity contribution in [2.24, 2.45) is 0 Å². The number of rotatable bonds is 9. The van der Waals surface area contributed by atoms with Crippen molar-refractivity contribution < 1.29 is 13.9 Å². The minimum Gasteiger partial charge on any atom is -0.484 e. The van der Waals surface area contributed by atoms with Gasteiger partial charge < -0.3 is 14.5 Å². The second kappa shape index (κ2) is 11.0. The lowest BCUT2D eigenvalue weighted by molar-refractivity contribution is -0.119. The Kier molecular flexibility index (Phi) is 7.65. The van der Waals surface area contributed by atoms with E-state index in [1.807, 2.05) is 37.3 Å². The number of hydrogen-bond donors (Lipinski definition) is 1. The third kappa shape index (κ3) is 6.60. The number of benzene rings is 3. The normalized spacial score (nSPS) is 11.7. The number of hydrogen-bond acceptors (Lipinski definition) is 6. The van der Waals surface area contributed by atoms with Crippen LogP contribution >= 0.6 is 23.4 Å². The van der Waals surface area contributed by atoms with Crippen molar-refractivity contribution in [2.45, 2.75) is 24.8 Å². The van der Waals surface area contributed by atoms with E-state index in [1.54, 1.807) is 24.3 Å². The lowest BCUT2D eigenvalue weighted by atomic mass is 10.0. The maximum Gasteiger partial charge on any atom is 0.277 e. The third-order valence-electron chi connectivity index (χ3n) is 4.85. The van der Waals surface area contributed by atoms with Gasteiger partial charge in [-0.3, -0.25) is 4.79 Å².